The van der Waals surface area contributed by atoms with Gasteiger partial charge in [0, 0.05) is 25.7 Å². The number of rotatable bonds is 73. The maximum atomic E-state index is 13.1. The van der Waals surface area contributed by atoms with Crippen molar-refractivity contribution in [3.05, 3.63) is 0 Å². The van der Waals surface area contributed by atoms with Gasteiger partial charge < -0.3 is 33.8 Å². The first-order chi connectivity index (χ1) is 45.2. The summed E-state index contributed by atoms with van der Waals surface area (Å²) in [5.74, 6) is 0.0701. The monoisotopic (exact) mass is 1380 g/mol. The fourth-order valence-electron chi connectivity index (χ4n) is 11.4. The van der Waals surface area contributed by atoms with Crippen molar-refractivity contribution in [2.24, 2.45) is 17.8 Å². The van der Waals surface area contributed by atoms with E-state index in [1.807, 2.05) is 0 Å². The van der Waals surface area contributed by atoms with E-state index in [1.54, 1.807) is 0 Å². The first-order valence-electron chi connectivity index (χ1n) is 38.8. The Balaban J connectivity index is 5.22. The molecule has 0 aliphatic heterocycles. The predicted octanol–water partition coefficient (Wildman–Crippen LogP) is 21.8. The van der Waals surface area contributed by atoms with E-state index in [4.69, 9.17) is 37.0 Å². The molecular formula is C75H146O17P2. The van der Waals surface area contributed by atoms with Gasteiger partial charge in [-0.1, -0.05) is 331 Å². The second kappa shape index (κ2) is 65.7. The largest absolute Gasteiger partial charge is 0.472 e. The number of carbonyl (C=O) groups excluding carboxylic acids is 4. The molecule has 94 heavy (non-hydrogen) atoms. The standard InChI is InChI=1S/C75H146O17P2/c1-8-9-10-11-12-13-14-15-16-17-18-22-25-28-34-42-49-56-72(77)85-62-70(91-74(79)58-51-44-35-29-26-23-20-19-21-24-27-32-39-46-53-66(2)3)64-89-93(81,82)87-60-69(76)61-88-94(83,84)90-65-71(63-86-73(78)57-50-43-38-37-41-48-55-68(6)7)92-75(80)59-52-45-36-31-30-33-40-47-54-67(4)5/h66-71,76H,8-65H2,1-7H3,(H,81,82)(H,83,84)/t69-,70-,71-/m1/s1. The highest BCUT2D eigenvalue weighted by molar-refractivity contribution is 7.47. The lowest BCUT2D eigenvalue weighted by Crippen LogP contribution is -2.30. The zero-order valence-electron chi connectivity index (χ0n) is 61.4. The molecule has 19 heteroatoms. The Morgan fingerprint density at radius 2 is 0.489 bits per heavy atom. The minimum atomic E-state index is -4.96. The molecular weight excluding hydrogens is 1230 g/mol. The van der Waals surface area contributed by atoms with Gasteiger partial charge in [0.2, 0.25) is 0 Å². The summed E-state index contributed by atoms with van der Waals surface area (Å²) in [6.07, 6.45) is 51.6. The van der Waals surface area contributed by atoms with E-state index in [0.29, 0.717) is 31.6 Å². The van der Waals surface area contributed by atoms with Gasteiger partial charge in [-0.2, -0.15) is 0 Å². The van der Waals surface area contributed by atoms with Crippen LogP contribution < -0.4 is 0 Å². The molecule has 5 atom stereocenters. The summed E-state index contributed by atoms with van der Waals surface area (Å²) in [5, 5.41) is 10.6. The number of carbonyl (C=O) groups is 4. The zero-order valence-corrected chi connectivity index (χ0v) is 63.2. The van der Waals surface area contributed by atoms with Gasteiger partial charge in [0.05, 0.1) is 26.4 Å². The van der Waals surface area contributed by atoms with E-state index in [0.717, 1.165) is 108 Å². The minimum Gasteiger partial charge on any atom is -0.462 e. The highest BCUT2D eigenvalue weighted by Gasteiger charge is 2.30. The molecule has 0 rings (SSSR count). The lowest BCUT2D eigenvalue weighted by Gasteiger charge is -2.21. The van der Waals surface area contributed by atoms with Crippen LogP contribution in [0.3, 0.4) is 0 Å². The van der Waals surface area contributed by atoms with Crippen LogP contribution in [0.5, 0.6) is 0 Å². The molecule has 0 amide bonds. The summed E-state index contributed by atoms with van der Waals surface area (Å²) in [4.78, 5) is 72.7. The van der Waals surface area contributed by atoms with E-state index in [-0.39, 0.29) is 25.7 Å². The van der Waals surface area contributed by atoms with Gasteiger partial charge in [0.15, 0.2) is 12.2 Å². The molecule has 0 fully saturated rings. The maximum Gasteiger partial charge on any atom is 0.472 e. The van der Waals surface area contributed by atoms with Gasteiger partial charge in [0.1, 0.15) is 19.3 Å². The average Bonchev–Trinajstić information content (AvgIpc) is 1.71. The van der Waals surface area contributed by atoms with Crippen molar-refractivity contribution in [3.63, 3.8) is 0 Å². The molecule has 0 bridgehead atoms. The Labute approximate surface area is 575 Å². The van der Waals surface area contributed by atoms with Gasteiger partial charge in [-0.15, -0.1) is 0 Å². The van der Waals surface area contributed by atoms with Crippen LogP contribution in [0.25, 0.3) is 0 Å². The lowest BCUT2D eigenvalue weighted by molar-refractivity contribution is -0.161. The van der Waals surface area contributed by atoms with Crippen molar-refractivity contribution in [2.45, 2.75) is 401 Å². The van der Waals surface area contributed by atoms with E-state index in [2.05, 4.69) is 48.5 Å². The van der Waals surface area contributed by atoms with Crippen LogP contribution in [0, 0.1) is 17.8 Å². The molecule has 0 saturated carbocycles. The van der Waals surface area contributed by atoms with Gasteiger partial charge in [-0.3, -0.25) is 37.3 Å². The van der Waals surface area contributed by atoms with Crippen LogP contribution in [0.15, 0.2) is 0 Å². The molecule has 0 spiro atoms. The third-order valence-electron chi connectivity index (χ3n) is 17.4. The average molecular weight is 1380 g/mol. The maximum absolute atomic E-state index is 13.1. The van der Waals surface area contributed by atoms with Gasteiger partial charge in [-0.25, -0.2) is 9.13 Å². The van der Waals surface area contributed by atoms with E-state index in [9.17, 15) is 43.2 Å². The first kappa shape index (κ1) is 92.1. The van der Waals surface area contributed by atoms with Crippen molar-refractivity contribution in [1.82, 2.24) is 0 Å². The van der Waals surface area contributed by atoms with Crippen LogP contribution in [-0.4, -0.2) is 96.7 Å². The van der Waals surface area contributed by atoms with E-state index in [1.165, 1.54) is 186 Å². The number of esters is 4. The summed E-state index contributed by atoms with van der Waals surface area (Å²) < 4.78 is 68.4. The molecule has 17 nitrogen and oxygen atoms in total. The van der Waals surface area contributed by atoms with Gasteiger partial charge in [0.25, 0.3) is 0 Å². The summed E-state index contributed by atoms with van der Waals surface area (Å²) >= 11 is 0. The first-order valence-corrected chi connectivity index (χ1v) is 41.8. The highest BCUT2D eigenvalue weighted by atomic mass is 31.2. The molecule has 0 aliphatic carbocycles. The molecule has 0 saturated heterocycles. The molecule has 558 valence electrons. The smallest absolute Gasteiger partial charge is 0.462 e. The fraction of sp³-hybridized carbons (Fsp3) is 0.947. The topological polar surface area (TPSA) is 237 Å². The van der Waals surface area contributed by atoms with Crippen molar-refractivity contribution in [3.8, 4) is 0 Å². The van der Waals surface area contributed by atoms with Crippen molar-refractivity contribution >= 4 is 39.5 Å². The molecule has 0 aromatic rings. The number of hydrogen-bond acceptors (Lipinski definition) is 15. The second-order valence-electron chi connectivity index (χ2n) is 28.5. The van der Waals surface area contributed by atoms with Crippen LogP contribution in [0.1, 0.15) is 382 Å². The number of aliphatic hydroxyl groups excluding tert-OH is 1. The second-order valence-corrected chi connectivity index (χ2v) is 31.4. The molecule has 0 heterocycles. The Morgan fingerprint density at radius 1 is 0.287 bits per heavy atom. The summed E-state index contributed by atoms with van der Waals surface area (Å²) in [6, 6.07) is 0. The highest BCUT2D eigenvalue weighted by Crippen LogP contribution is 2.45. The molecule has 0 radical (unpaired) electrons. The van der Waals surface area contributed by atoms with Crippen molar-refractivity contribution < 1.29 is 80.2 Å². The minimum absolute atomic E-state index is 0.103. The quantitative estimate of drug-likeness (QED) is 0.0222. The normalized spacial score (nSPS) is 14.1. The molecule has 2 unspecified atom stereocenters. The number of unbranched alkanes of at least 4 members (excludes halogenated alkanes) is 41. The van der Waals surface area contributed by atoms with E-state index < -0.39 is 97.5 Å². The SMILES string of the molecule is CCCCCCCCCCCCCCCCCCCC(=O)OC[C@H](COP(=O)(O)OC[C@@H](O)COP(=O)(O)OC[C@@H](COC(=O)CCCCCCCCC(C)C)OC(=O)CCCCCCCCCCC(C)C)OC(=O)CCCCCCCCCCCCCCCCC(C)C. The molecule has 3 N–H and O–H groups in total. The third-order valence-corrected chi connectivity index (χ3v) is 19.3. The summed E-state index contributed by atoms with van der Waals surface area (Å²) in [7, 11) is -9.91. The number of phosphoric acid groups is 2. The number of hydrogen-bond donors (Lipinski definition) is 3. The Kier molecular flexibility index (Phi) is 64.3. The Bertz CT molecular complexity index is 1840. The predicted molar refractivity (Wildman–Crippen MR) is 381 cm³/mol. The van der Waals surface area contributed by atoms with Crippen LogP contribution in [-0.2, 0) is 65.4 Å². The van der Waals surface area contributed by atoms with Crippen molar-refractivity contribution in [2.75, 3.05) is 39.6 Å². The third kappa shape index (κ3) is 68.6. The molecule has 0 aromatic carbocycles. The number of ether oxygens (including phenoxy) is 4. The van der Waals surface area contributed by atoms with Crippen molar-refractivity contribution in [1.29, 1.82) is 0 Å². The Morgan fingerprint density at radius 3 is 0.723 bits per heavy atom. The lowest BCUT2D eigenvalue weighted by atomic mass is 10.0. The summed E-state index contributed by atoms with van der Waals surface area (Å²) in [5.41, 5.74) is 0. The van der Waals surface area contributed by atoms with Gasteiger partial charge in [-0.05, 0) is 43.4 Å². The molecule has 0 aromatic heterocycles. The van der Waals surface area contributed by atoms with Crippen LogP contribution in [0.4, 0.5) is 0 Å². The fourth-order valence-corrected chi connectivity index (χ4v) is 13.0. The number of aliphatic hydroxyl groups is 1. The molecule has 0 aliphatic rings. The van der Waals surface area contributed by atoms with Crippen LogP contribution >= 0.6 is 15.6 Å². The zero-order chi connectivity index (χ0) is 69.4. The van der Waals surface area contributed by atoms with Gasteiger partial charge >= 0.3 is 39.5 Å². The number of phosphoric ester groups is 2. The summed E-state index contributed by atoms with van der Waals surface area (Å²) in [6.45, 7) is 11.8. The van der Waals surface area contributed by atoms with E-state index >= 15 is 0 Å². The van der Waals surface area contributed by atoms with Crippen LogP contribution in [0.2, 0.25) is 0 Å². The Hall–Kier alpha value is -1.94.